The van der Waals surface area contributed by atoms with E-state index in [0.29, 0.717) is 5.02 Å². The van der Waals surface area contributed by atoms with Gasteiger partial charge in [-0.25, -0.2) is 0 Å². The van der Waals surface area contributed by atoms with Crippen LogP contribution in [0.5, 0.6) is 0 Å². The van der Waals surface area contributed by atoms with Gasteiger partial charge in [-0.05, 0) is 24.1 Å². The molecule has 0 aliphatic heterocycles. The zero-order chi connectivity index (χ0) is 14.8. The van der Waals surface area contributed by atoms with E-state index in [1.54, 1.807) is 0 Å². The van der Waals surface area contributed by atoms with Crippen LogP contribution in [0.1, 0.15) is 18.9 Å². The molecule has 0 radical (unpaired) electrons. The lowest BCUT2D eigenvalue weighted by atomic mass is 9.72. The van der Waals surface area contributed by atoms with Crippen LogP contribution in [-0.2, 0) is 10.2 Å². The number of carboxylic acids is 1. The van der Waals surface area contributed by atoms with E-state index in [1.165, 1.54) is 31.2 Å². The van der Waals surface area contributed by atoms with Crippen molar-refractivity contribution in [2.45, 2.75) is 24.9 Å². The van der Waals surface area contributed by atoms with Crippen molar-refractivity contribution >= 4 is 17.6 Å². The zero-order valence-electron chi connectivity index (χ0n) is 10.1. The first-order valence-electron chi connectivity index (χ1n) is 5.42. The number of rotatable bonds is 4. The summed E-state index contributed by atoms with van der Waals surface area (Å²) in [5.41, 5.74) is -3.48. The van der Waals surface area contributed by atoms with Crippen LogP contribution >= 0.6 is 11.6 Å². The van der Waals surface area contributed by atoms with Crippen LogP contribution in [0.25, 0.3) is 0 Å². The molecule has 0 bridgehead atoms. The Morgan fingerprint density at radius 1 is 1.32 bits per heavy atom. The Bertz CT molecular complexity index is 494. The van der Waals surface area contributed by atoms with E-state index in [4.69, 9.17) is 11.6 Å². The predicted molar refractivity (Wildman–Crippen MR) is 66.3 cm³/mol. The van der Waals surface area contributed by atoms with Gasteiger partial charge in [0.05, 0.1) is 0 Å². The highest BCUT2D eigenvalue weighted by atomic mass is 35.5. The maximum Gasteiger partial charge on any atom is 0.413 e. The summed E-state index contributed by atoms with van der Waals surface area (Å²) < 4.78 is 38.6. The van der Waals surface area contributed by atoms with Gasteiger partial charge in [-0.3, -0.25) is 4.79 Å². The molecule has 0 amide bonds. The van der Waals surface area contributed by atoms with E-state index >= 15 is 0 Å². The standard InChI is InChI=1S/C13H12ClF3O2/c1-3-12(11(18)19,8(2)13(15,16)17)9-4-6-10(14)7-5-9/h4-7H,2-3H2,1H3,(H,18,19). The van der Waals surface area contributed by atoms with Gasteiger partial charge in [-0.1, -0.05) is 37.2 Å². The first-order valence-corrected chi connectivity index (χ1v) is 5.80. The van der Waals surface area contributed by atoms with Crippen molar-refractivity contribution in [1.82, 2.24) is 0 Å². The second-order valence-corrected chi connectivity index (χ2v) is 4.48. The van der Waals surface area contributed by atoms with E-state index in [1.807, 2.05) is 0 Å². The molecule has 0 spiro atoms. The Labute approximate surface area is 113 Å². The van der Waals surface area contributed by atoms with Crippen LogP contribution in [-0.4, -0.2) is 17.3 Å². The third-order valence-electron chi connectivity index (χ3n) is 3.09. The highest BCUT2D eigenvalue weighted by molar-refractivity contribution is 6.30. The number of carboxylic acid groups (broad SMARTS) is 1. The van der Waals surface area contributed by atoms with Crippen molar-refractivity contribution in [3.63, 3.8) is 0 Å². The maximum absolute atomic E-state index is 12.9. The Kier molecular flexibility index (Phi) is 4.30. The summed E-state index contributed by atoms with van der Waals surface area (Å²) in [6.45, 7) is 4.33. The molecule has 0 aliphatic rings. The molecule has 0 fully saturated rings. The molecule has 0 heterocycles. The van der Waals surface area contributed by atoms with Crippen molar-refractivity contribution in [2.24, 2.45) is 0 Å². The minimum atomic E-state index is -4.78. The molecular formula is C13H12ClF3O2. The van der Waals surface area contributed by atoms with Crippen LogP contribution in [0.4, 0.5) is 13.2 Å². The summed E-state index contributed by atoms with van der Waals surface area (Å²) in [6.07, 6.45) is -5.05. The van der Waals surface area contributed by atoms with E-state index in [-0.39, 0.29) is 12.0 Å². The minimum absolute atomic E-state index is 0.00854. The highest BCUT2D eigenvalue weighted by Gasteiger charge is 2.52. The summed E-state index contributed by atoms with van der Waals surface area (Å²) in [5, 5.41) is 9.60. The van der Waals surface area contributed by atoms with Gasteiger partial charge >= 0.3 is 12.1 Å². The Morgan fingerprint density at radius 2 is 1.79 bits per heavy atom. The Morgan fingerprint density at radius 3 is 2.11 bits per heavy atom. The molecule has 19 heavy (non-hydrogen) atoms. The number of aliphatic carboxylic acids is 1. The van der Waals surface area contributed by atoms with Gasteiger partial charge in [0, 0.05) is 10.6 Å². The molecule has 0 saturated carbocycles. The molecule has 0 aliphatic carbocycles. The summed E-state index contributed by atoms with van der Waals surface area (Å²) in [7, 11) is 0. The largest absolute Gasteiger partial charge is 0.480 e. The lowest BCUT2D eigenvalue weighted by molar-refractivity contribution is -0.149. The number of halogens is 4. The van der Waals surface area contributed by atoms with Crippen molar-refractivity contribution in [2.75, 3.05) is 0 Å². The molecule has 1 unspecified atom stereocenters. The zero-order valence-corrected chi connectivity index (χ0v) is 10.8. The van der Waals surface area contributed by atoms with Crippen molar-refractivity contribution in [1.29, 1.82) is 0 Å². The molecular weight excluding hydrogens is 281 g/mol. The molecule has 104 valence electrons. The average Bonchev–Trinajstić information content (AvgIpc) is 2.31. The van der Waals surface area contributed by atoms with Gasteiger partial charge in [0.1, 0.15) is 5.41 Å². The van der Waals surface area contributed by atoms with Crippen LogP contribution in [0.3, 0.4) is 0 Å². The number of hydrogen-bond acceptors (Lipinski definition) is 1. The third kappa shape index (κ3) is 2.76. The van der Waals surface area contributed by atoms with E-state index in [2.05, 4.69) is 6.58 Å². The first kappa shape index (κ1) is 15.6. The number of carbonyl (C=O) groups is 1. The molecule has 0 aromatic heterocycles. The summed E-state index contributed by atoms with van der Waals surface area (Å²) in [6, 6.07) is 5.26. The molecule has 1 atom stereocenters. The fourth-order valence-electron chi connectivity index (χ4n) is 1.97. The van der Waals surface area contributed by atoms with Gasteiger partial charge in [0.2, 0.25) is 0 Å². The van der Waals surface area contributed by atoms with Gasteiger partial charge in [0.25, 0.3) is 0 Å². The topological polar surface area (TPSA) is 37.3 Å². The number of hydrogen-bond donors (Lipinski definition) is 1. The number of alkyl halides is 3. The minimum Gasteiger partial charge on any atom is -0.480 e. The monoisotopic (exact) mass is 292 g/mol. The van der Waals surface area contributed by atoms with Crippen molar-refractivity contribution in [3.05, 3.63) is 47.0 Å². The predicted octanol–water partition coefficient (Wildman–Crippen LogP) is 4.19. The van der Waals surface area contributed by atoms with Gasteiger partial charge in [-0.2, -0.15) is 13.2 Å². The quantitative estimate of drug-likeness (QED) is 0.845. The van der Waals surface area contributed by atoms with E-state index in [9.17, 15) is 23.1 Å². The third-order valence-corrected chi connectivity index (χ3v) is 3.34. The molecule has 6 heteroatoms. The van der Waals surface area contributed by atoms with Crippen LogP contribution in [0, 0.1) is 0 Å². The molecule has 1 aromatic carbocycles. The molecule has 0 saturated heterocycles. The van der Waals surface area contributed by atoms with Gasteiger partial charge in [0.15, 0.2) is 0 Å². The second kappa shape index (κ2) is 5.25. The Hall–Kier alpha value is -1.49. The summed E-state index contributed by atoms with van der Waals surface area (Å²) in [4.78, 5) is 11.4. The van der Waals surface area contributed by atoms with Crippen LogP contribution in [0.2, 0.25) is 5.02 Å². The SMILES string of the molecule is C=C(C(F)(F)F)C(CC)(C(=O)O)c1ccc(Cl)cc1. The molecule has 1 N–H and O–H groups in total. The lowest BCUT2D eigenvalue weighted by Gasteiger charge is -2.32. The van der Waals surface area contributed by atoms with E-state index < -0.39 is 23.1 Å². The highest BCUT2D eigenvalue weighted by Crippen LogP contribution is 2.43. The van der Waals surface area contributed by atoms with E-state index in [0.717, 1.165) is 0 Å². The second-order valence-electron chi connectivity index (χ2n) is 4.05. The lowest BCUT2D eigenvalue weighted by Crippen LogP contribution is -2.42. The van der Waals surface area contributed by atoms with Crippen LogP contribution < -0.4 is 0 Å². The first-order chi connectivity index (χ1) is 8.66. The normalized spacial score (nSPS) is 14.8. The van der Waals surface area contributed by atoms with Crippen molar-refractivity contribution in [3.8, 4) is 0 Å². The van der Waals surface area contributed by atoms with Crippen molar-refractivity contribution < 1.29 is 23.1 Å². The summed E-state index contributed by atoms with van der Waals surface area (Å²) >= 11 is 5.66. The fourth-order valence-corrected chi connectivity index (χ4v) is 2.10. The van der Waals surface area contributed by atoms with Crippen LogP contribution in [0.15, 0.2) is 36.4 Å². The smallest absolute Gasteiger partial charge is 0.413 e. The number of benzene rings is 1. The molecule has 1 aromatic rings. The fraction of sp³-hybridized carbons (Fsp3) is 0.308. The Balaban J connectivity index is 3.48. The average molecular weight is 293 g/mol. The summed E-state index contributed by atoms with van der Waals surface area (Å²) in [5.74, 6) is -1.58. The van der Waals surface area contributed by atoms with Gasteiger partial charge < -0.3 is 5.11 Å². The maximum atomic E-state index is 12.9. The molecule has 1 rings (SSSR count). The molecule has 2 nitrogen and oxygen atoms in total. The van der Waals surface area contributed by atoms with Gasteiger partial charge in [-0.15, -0.1) is 0 Å².